The van der Waals surface area contributed by atoms with Gasteiger partial charge in [-0.2, -0.15) is 0 Å². The van der Waals surface area contributed by atoms with E-state index in [9.17, 15) is 4.79 Å². The molecule has 1 N–H and O–H groups in total. The molecule has 4 aromatic rings. The minimum absolute atomic E-state index is 0.185. The molecule has 2 heterocycles. The number of nitrogens with zero attached hydrogens (tertiary/aromatic N) is 1. The van der Waals surface area contributed by atoms with E-state index in [1.165, 1.54) is 11.3 Å². The first kappa shape index (κ1) is 16.4. The molecule has 26 heavy (non-hydrogen) atoms. The number of carbonyl (C=O) groups excluding carboxylic acids is 1. The zero-order valence-corrected chi connectivity index (χ0v) is 14.9. The number of fused-ring (bicyclic) bond motifs is 1. The summed E-state index contributed by atoms with van der Waals surface area (Å²) in [5.74, 6) is 1.17. The van der Waals surface area contributed by atoms with Crippen molar-refractivity contribution in [3.05, 3.63) is 65.5 Å². The van der Waals surface area contributed by atoms with Gasteiger partial charge in [0.1, 0.15) is 5.69 Å². The average Bonchev–Trinajstić information content (AvgIpc) is 3.30. The molecule has 0 saturated carbocycles. The van der Waals surface area contributed by atoms with Gasteiger partial charge in [-0.05, 0) is 31.2 Å². The smallest absolute Gasteiger partial charge is 0.257 e. The number of para-hydroxylation sites is 1. The quantitative estimate of drug-likeness (QED) is 0.528. The number of carbonyl (C=O) groups is 1. The Kier molecular flexibility index (Phi) is 4.41. The van der Waals surface area contributed by atoms with E-state index in [0.29, 0.717) is 40.1 Å². The van der Waals surface area contributed by atoms with Gasteiger partial charge in [0, 0.05) is 16.3 Å². The van der Waals surface area contributed by atoms with Gasteiger partial charge in [0.2, 0.25) is 0 Å². The van der Waals surface area contributed by atoms with Crippen molar-refractivity contribution in [2.45, 2.75) is 6.92 Å². The van der Waals surface area contributed by atoms with Crippen LogP contribution in [0.1, 0.15) is 17.3 Å². The molecule has 130 valence electrons. The maximum absolute atomic E-state index is 12.2. The maximum Gasteiger partial charge on any atom is 0.257 e. The number of nitrogens with one attached hydrogen (secondary N) is 1. The van der Waals surface area contributed by atoms with Crippen LogP contribution in [0.3, 0.4) is 0 Å². The highest BCUT2D eigenvalue weighted by atomic mass is 32.1. The lowest BCUT2D eigenvalue weighted by molar-refractivity contribution is 0.102. The Morgan fingerprint density at radius 2 is 2.04 bits per heavy atom. The summed E-state index contributed by atoms with van der Waals surface area (Å²) in [6, 6.07) is 16.8. The number of hydrogen-bond donors (Lipinski definition) is 1. The molecular weight excluding hydrogens is 348 g/mol. The number of rotatable bonds is 5. The summed E-state index contributed by atoms with van der Waals surface area (Å²) >= 11 is 1.36. The largest absolute Gasteiger partial charge is 0.490 e. The third-order valence-electron chi connectivity index (χ3n) is 3.82. The second-order valence-corrected chi connectivity index (χ2v) is 6.43. The summed E-state index contributed by atoms with van der Waals surface area (Å²) in [5.41, 5.74) is 1.97. The summed E-state index contributed by atoms with van der Waals surface area (Å²) < 4.78 is 11.6. The molecular formula is C20H16N2O3S. The van der Waals surface area contributed by atoms with E-state index >= 15 is 0 Å². The number of aromatic nitrogens is 1. The topological polar surface area (TPSA) is 64.4 Å². The Hall–Kier alpha value is -3.12. The molecule has 0 radical (unpaired) electrons. The Labute approximate surface area is 154 Å². The number of hydrogen-bond acceptors (Lipinski definition) is 5. The molecule has 0 fully saturated rings. The number of ether oxygens (including phenoxy) is 1. The first-order valence-corrected chi connectivity index (χ1v) is 9.10. The summed E-state index contributed by atoms with van der Waals surface area (Å²) in [6.07, 6.45) is 0. The van der Waals surface area contributed by atoms with Crippen molar-refractivity contribution in [1.29, 1.82) is 0 Å². The molecule has 2 aromatic heterocycles. The number of furan rings is 1. The van der Waals surface area contributed by atoms with Crippen molar-refractivity contribution in [2.24, 2.45) is 0 Å². The first-order valence-electron chi connectivity index (χ1n) is 8.22. The lowest BCUT2D eigenvalue weighted by atomic mass is 10.2. The van der Waals surface area contributed by atoms with Crippen LogP contribution in [0.25, 0.3) is 22.4 Å². The molecule has 0 atom stereocenters. The molecule has 0 aliphatic rings. The highest BCUT2D eigenvalue weighted by Crippen LogP contribution is 2.34. The predicted molar refractivity (Wildman–Crippen MR) is 103 cm³/mol. The van der Waals surface area contributed by atoms with E-state index in [4.69, 9.17) is 9.15 Å². The van der Waals surface area contributed by atoms with E-state index in [1.807, 2.05) is 54.8 Å². The number of thiazole rings is 1. The summed E-state index contributed by atoms with van der Waals surface area (Å²) in [5, 5.41) is 6.16. The second-order valence-electron chi connectivity index (χ2n) is 5.58. The van der Waals surface area contributed by atoms with Crippen LogP contribution in [0.2, 0.25) is 0 Å². The van der Waals surface area contributed by atoms with Crippen molar-refractivity contribution in [3.63, 3.8) is 0 Å². The highest BCUT2D eigenvalue weighted by molar-refractivity contribution is 7.14. The minimum Gasteiger partial charge on any atom is -0.490 e. The Morgan fingerprint density at radius 1 is 1.19 bits per heavy atom. The molecule has 2 aromatic carbocycles. The molecule has 0 bridgehead atoms. The van der Waals surface area contributed by atoms with Crippen LogP contribution in [-0.4, -0.2) is 17.5 Å². The number of anilines is 1. The Balaban J connectivity index is 1.59. The fourth-order valence-electron chi connectivity index (χ4n) is 2.63. The summed E-state index contributed by atoms with van der Waals surface area (Å²) in [4.78, 5) is 16.7. The van der Waals surface area contributed by atoms with E-state index in [-0.39, 0.29) is 5.91 Å². The molecule has 4 rings (SSSR count). The SMILES string of the molecule is CCOc1cccc2cc(-c3csc(NC(=O)c4ccccc4)n3)oc12. The van der Waals surface area contributed by atoms with Gasteiger partial charge >= 0.3 is 0 Å². The zero-order valence-electron chi connectivity index (χ0n) is 14.1. The molecule has 0 saturated heterocycles. The van der Waals surface area contributed by atoms with Crippen LogP contribution in [-0.2, 0) is 0 Å². The minimum atomic E-state index is -0.185. The fourth-order valence-corrected chi connectivity index (χ4v) is 3.33. The molecule has 0 aliphatic heterocycles. The van der Waals surface area contributed by atoms with Crippen molar-refractivity contribution >= 4 is 33.3 Å². The molecule has 0 unspecified atom stereocenters. The van der Waals surface area contributed by atoms with Gasteiger partial charge in [-0.15, -0.1) is 11.3 Å². The van der Waals surface area contributed by atoms with Crippen LogP contribution in [0.5, 0.6) is 5.75 Å². The van der Waals surface area contributed by atoms with Crippen LogP contribution in [0.4, 0.5) is 5.13 Å². The first-order chi connectivity index (χ1) is 12.7. The van der Waals surface area contributed by atoms with Gasteiger partial charge in [0.25, 0.3) is 5.91 Å². The molecule has 1 amide bonds. The third kappa shape index (κ3) is 3.19. The maximum atomic E-state index is 12.2. The average molecular weight is 364 g/mol. The number of amides is 1. The molecule has 0 aliphatic carbocycles. The van der Waals surface area contributed by atoms with E-state index in [1.54, 1.807) is 12.1 Å². The third-order valence-corrected chi connectivity index (χ3v) is 4.58. The van der Waals surface area contributed by atoms with E-state index < -0.39 is 0 Å². The lowest BCUT2D eigenvalue weighted by Crippen LogP contribution is -2.11. The zero-order chi connectivity index (χ0) is 17.9. The van der Waals surface area contributed by atoms with E-state index in [2.05, 4.69) is 10.3 Å². The molecule has 0 spiro atoms. The normalized spacial score (nSPS) is 10.8. The van der Waals surface area contributed by atoms with Gasteiger partial charge in [0.15, 0.2) is 22.2 Å². The van der Waals surface area contributed by atoms with Crippen molar-refractivity contribution < 1.29 is 13.9 Å². The summed E-state index contributed by atoms with van der Waals surface area (Å²) in [7, 11) is 0. The fraction of sp³-hybridized carbons (Fsp3) is 0.100. The van der Waals surface area contributed by atoms with Crippen LogP contribution in [0, 0.1) is 0 Å². The summed E-state index contributed by atoms with van der Waals surface area (Å²) in [6.45, 7) is 2.51. The monoisotopic (exact) mass is 364 g/mol. The Bertz CT molecular complexity index is 1050. The highest BCUT2D eigenvalue weighted by Gasteiger charge is 2.14. The van der Waals surface area contributed by atoms with Gasteiger partial charge in [-0.3, -0.25) is 10.1 Å². The predicted octanol–water partition coefficient (Wildman–Crippen LogP) is 5.21. The lowest BCUT2D eigenvalue weighted by Gasteiger charge is -2.02. The number of benzene rings is 2. The van der Waals surface area contributed by atoms with Gasteiger partial charge in [-0.25, -0.2) is 4.98 Å². The van der Waals surface area contributed by atoms with Crippen LogP contribution >= 0.6 is 11.3 Å². The van der Waals surface area contributed by atoms with Gasteiger partial charge in [0.05, 0.1) is 6.61 Å². The molecule has 5 nitrogen and oxygen atoms in total. The molecule has 6 heteroatoms. The van der Waals surface area contributed by atoms with E-state index in [0.717, 1.165) is 5.39 Å². The van der Waals surface area contributed by atoms with Crippen LogP contribution in [0.15, 0.2) is 64.4 Å². The Morgan fingerprint density at radius 3 is 2.85 bits per heavy atom. The van der Waals surface area contributed by atoms with Crippen molar-refractivity contribution in [3.8, 4) is 17.2 Å². The second kappa shape index (κ2) is 7.01. The standard InChI is InChI=1S/C20H16N2O3S/c1-2-24-16-10-6-9-14-11-17(25-18(14)16)15-12-26-20(21-15)22-19(23)13-7-4-3-5-8-13/h3-12H,2H2,1H3,(H,21,22,23). The van der Waals surface area contributed by atoms with Gasteiger partial charge < -0.3 is 9.15 Å². The van der Waals surface area contributed by atoms with Crippen molar-refractivity contribution in [2.75, 3.05) is 11.9 Å². The van der Waals surface area contributed by atoms with Crippen molar-refractivity contribution in [1.82, 2.24) is 4.98 Å². The van der Waals surface area contributed by atoms with Gasteiger partial charge in [-0.1, -0.05) is 30.3 Å². The van der Waals surface area contributed by atoms with Crippen LogP contribution < -0.4 is 10.1 Å².